The molecule has 3 aromatic rings. The second kappa shape index (κ2) is 7.99. The lowest BCUT2D eigenvalue weighted by Crippen LogP contribution is -2.55. The molecule has 1 saturated heterocycles. The topological polar surface area (TPSA) is 99.5 Å². The molecule has 1 amide bonds. The number of hydrogen-bond donors (Lipinski definition) is 1. The van der Waals surface area contributed by atoms with Crippen molar-refractivity contribution in [1.29, 1.82) is 0 Å². The van der Waals surface area contributed by atoms with Crippen LogP contribution in [0.25, 0.3) is 10.9 Å². The number of halogens is 2. The van der Waals surface area contributed by atoms with Gasteiger partial charge in [0.2, 0.25) is 11.7 Å². The fourth-order valence-electron chi connectivity index (χ4n) is 4.46. The number of H-pyrrole nitrogens is 1. The van der Waals surface area contributed by atoms with E-state index in [-0.39, 0.29) is 24.1 Å². The minimum atomic E-state index is -1.24. The molecule has 0 spiro atoms. The average Bonchev–Trinajstić information content (AvgIpc) is 3.24. The Kier molecular flexibility index (Phi) is 5.47. The summed E-state index contributed by atoms with van der Waals surface area (Å²) >= 11 is 5.95. The molecule has 166 valence electrons. The maximum absolute atomic E-state index is 14.2. The minimum absolute atomic E-state index is 0.0696. The molecule has 10 heteroatoms. The van der Waals surface area contributed by atoms with E-state index in [1.54, 1.807) is 49.5 Å². The first kappa shape index (κ1) is 21.9. The first-order valence-corrected chi connectivity index (χ1v) is 10.2. The van der Waals surface area contributed by atoms with Crippen LogP contribution in [-0.4, -0.2) is 57.7 Å². The predicted octanol–water partition coefficient (Wildman–Crippen LogP) is 3.32. The molecule has 0 radical (unpaired) electrons. The second-order valence-corrected chi connectivity index (χ2v) is 8.35. The van der Waals surface area contributed by atoms with E-state index in [0.717, 1.165) is 17.9 Å². The summed E-state index contributed by atoms with van der Waals surface area (Å²) in [5.41, 5.74) is -0.226. The molecule has 4 rings (SSSR count). The van der Waals surface area contributed by atoms with Gasteiger partial charge in [0, 0.05) is 24.7 Å². The minimum Gasteiger partial charge on any atom is -0.361 e. The van der Waals surface area contributed by atoms with Gasteiger partial charge in [0.25, 0.3) is 0 Å². The Morgan fingerprint density at radius 2 is 1.94 bits per heavy atom. The third-order valence-corrected chi connectivity index (χ3v) is 6.54. The molecule has 2 aromatic carbocycles. The molecule has 0 bridgehead atoms. The van der Waals surface area contributed by atoms with Crippen molar-refractivity contribution in [2.24, 2.45) is 0 Å². The summed E-state index contributed by atoms with van der Waals surface area (Å²) in [7, 11) is 3.22. The van der Waals surface area contributed by atoms with Crippen molar-refractivity contribution in [3.63, 3.8) is 0 Å². The van der Waals surface area contributed by atoms with Gasteiger partial charge in [-0.2, -0.15) is 4.39 Å². The molecule has 2 heterocycles. The number of nitrogens with zero attached hydrogens (tertiary/aromatic N) is 3. The number of nitro groups is 1. The average molecular weight is 459 g/mol. The summed E-state index contributed by atoms with van der Waals surface area (Å²) in [6.45, 7) is 0. The number of fused-ring (bicyclic) bond motifs is 1. The molecule has 0 aliphatic carbocycles. The van der Waals surface area contributed by atoms with E-state index in [0.29, 0.717) is 16.1 Å². The zero-order chi connectivity index (χ0) is 23.2. The van der Waals surface area contributed by atoms with E-state index < -0.39 is 28.1 Å². The maximum Gasteiger partial charge on any atom is 0.314 e. The third kappa shape index (κ3) is 3.34. The molecular weight excluding hydrogens is 439 g/mol. The second-order valence-electron chi connectivity index (χ2n) is 7.92. The fraction of sp³-hybridized carbons (Fsp3) is 0.273. The number of hydrogen-bond acceptors (Lipinski definition) is 5. The molecule has 8 nitrogen and oxygen atoms in total. The van der Waals surface area contributed by atoms with Crippen molar-refractivity contribution in [1.82, 2.24) is 14.8 Å². The molecule has 32 heavy (non-hydrogen) atoms. The number of benzene rings is 2. The van der Waals surface area contributed by atoms with Crippen molar-refractivity contribution in [3.05, 3.63) is 74.7 Å². The molecule has 2 atom stereocenters. The van der Waals surface area contributed by atoms with E-state index in [4.69, 9.17) is 11.6 Å². The van der Waals surface area contributed by atoms with Crippen LogP contribution in [0.4, 0.5) is 10.1 Å². The smallest absolute Gasteiger partial charge is 0.314 e. The number of aromatic amines is 1. The Morgan fingerprint density at radius 3 is 2.56 bits per heavy atom. The van der Waals surface area contributed by atoms with Crippen LogP contribution in [0.5, 0.6) is 0 Å². The van der Waals surface area contributed by atoms with Gasteiger partial charge in [-0.25, -0.2) is 0 Å². The van der Waals surface area contributed by atoms with Crippen LogP contribution < -0.4 is 0 Å². The van der Waals surface area contributed by atoms with Gasteiger partial charge in [0.1, 0.15) is 0 Å². The summed E-state index contributed by atoms with van der Waals surface area (Å²) in [5.74, 6) is -1.25. The molecule has 1 aromatic heterocycles. The number of likely N-dealkylation sites (N-methyl/N-ethyl adjacent to an activating group) is 2. The monoisotopic (exact) mass is 458 g/mol. The Hall–Kier alpha value is -3.30. The van der Waals surface area contributed by atoms with Crippen LogP contribution in [0, 0.1) is 15.9 Å². The van der Waals surface area contributed by atoms with Crippen molar-refractivity contribution < 1.29 is 18.9 Å². The number of nitro benzene ring substituents is 1. The normalized spacial score (nSPS) is 21.4. The summed E-state index contributed by atoms with van der Waals surface area (Å²) in [6, 6.07) is 8.69. The van der Waals surface area contributed by atoms with Gasteiger partial charge in [-0.3, -0.25) is 24.6 Å². The van der Waals surface area contributed by atoms with Gasteiger partial charge in [-0.15, -0.1) is 0 Å². The van der Waals surface area contributed by atoms with Crippen LogP contribution in [0.15, 0.2) is 42.6 Å². The first-order valence-electron chi connectivity index (χ1n) is 9.84. The molecule has 1 aliphatic rings. The number of rotatable bonds is 6. The largest absolute Gasteiger partial charge is 0.361 e. The first-order chi connectivity index (χ1) is 15.2. The zero-order valence-electron chi connectivity index (χ0n) is 17.3. The van der Waals surface area contributed by atoms with Gasteiger partial charge < -0.3 is 9.88 Å². The number of carbonyl (C=O) groups is 2. The van der Waals surface area contributed by atoms with Crippen LogP contribution >= 0.6 is 11.6 Å². The molecule has 1 fully saturated rings. The number of nitrogens with one attached hydrogen (secondary N) is 1. The molecule has 1 N–H and O–H groups in total. The van der Waals surface area contributed by atoms with Gasteiger partial charge in [-0.1, -0.05) is 23.7 Å². The van der Waals surface area contributed by atoms with Crippen molar-refractivity contribution in [2.75, 3.05) is 14.1 Å². The number of amides is 1. The predicted molar refractivity (Wildman–Crippen MR) is 117 cm³/mol. The lowest BCUT2D eigenvalue weighted by atomic mass is 9.98. The van der Waals surface area contributed by atoms with E-state index in [9.17, 15) is 24.1 Å². The summed E-state index contributed by atoms with van der Waals surface area (Å²) in [5, 5.41) is 12.2. The highest BCUT2D eigenvalue weighted by molar-refractivity contribution is 6.30. The lowest BCUT2D eigenvalue weighted by Gasteiger charge is -2.36. The highest BCUT2D eigenvalue weighted by atomic mass is 35.5. The van der Waals surface area contributed by atoms with Gasteiger partial charge in [0.15, 0.2) is 11.9 Å². The van der Waals surface area contributed by atoms with Crippen molar-refractivity contribution in [3.8, 4) is 0 Å². The van der Waals surface area contributed by atoms with E-state index in [2.05, 4.69) is 4.98 Å². The van der Waals surface area contributed by atoms with Crippen LogP contribution in [0.3, 0.4) is 0 Å². The quantitative estimate of drug-likeness (QED) is 0.347. The Balaban J connectivity index is 1.72. The van der Waals surface area contributed by atoms with Crippen molar-refractivity contribution >= 4 is 40.4 Å². The summed E-state index contributed by atoms with van der Waals surface area (Å²) < 4.78 is 14.2. The maximum atomic E-state index is 14.2. The summed E-state index contributed by atoms with van der Waals surface area (Å²) in [6.07, 6.45) is 2.58. The summed E-state index contributed by atoms with van der Waals surface area (Å²) in [4.78, 5) is 42.2. The number of aromatic nitrogens is 1. The fourth-order valence-corrected chi connectivity index (χ4v) is 4.58. The van der Waals surface area contributed by atoms with Gasteiger partial charge in [0.05, 0.1) is 21.9 Å². The van der Waals surface area contributed by atoms with E-state index >= 15 is 0 Å². The Bertz CT molecular complexity index is 1230. The number of aldehydes is 1. The molecular formula is C22H20ClFN4O4. The van der Waals surface area contributed by atoms with E-state index in [1.807, 2.05) is 0 Å². The molecule has 0 saturated carbocycles. The van der Waals surface area contributed by atoms with Crippen LogP contribution in [-0.2, 0) is 22.4 Å². The Morgan fingerprint density at radius 1 is 1.25 bits per heavy atom. The molecule has 2 unspecified atom stereocenters. The van der Waals surface area contributed by atoms with E-state index in [1.165, 1.54) is 11.0 Å². The van der Waals surface area contributed by atoms with Crippen molar-refractivity contribution in [2.45, 2.75) is 24.5 Å². The SMILES string of the molecule is CN1C(=O)C(Cc2c[nH]c3ccc(F)c([N+](=O)[O-])c23)N(C)C1(C=O)Cc1ccc(Cl)cc1. The Labute approximate surface area is 187 Å². The zero-order valence-corrected chi connectivity index (χ0v) is 18.1. The lowest BCUT2D eigenvalue weighted by molar-refractivity contribution is -0.385. The highest BCUT2D eigenvalue weighted by Crippen LogP contribution is 2.36. The highest BCUT2D eigenvalue weighted by Gasteiger charge is 2.53. The van der Waals surface area contributed by atoms with Gasteiger partial charge in [-0.05, 0) is 48.9 Å². The van der Waals surface area contributed by atoms with Gasteiger partial charge >= 0.3 is 5.69 Å². The van der Waals surface area contributed by atoms with Crippen LogP contribution in [0.2, 0.25) is 5.02 Å². The third-order valence-electron chi connectivity index (χ3n) is 6.29. The number of carbonyl (C=O) groups excluding carboxylic acids is 2. The molecule has 1 aliphatic heterocycles. The standard InChI is InChI=1S/C22H20ClFN4O4/c1-26-18(9-14-11-25-17-8-7-16(24)20(19(14)17)28(31)32)21(30)27(2)22(26,12-29)10-13-3-5-15(23)6-4-13/h3-8,11-12,18,25H,9-10H2,1-2H3. The van der Waals surface area contributed by atoms with Crippen LogP contribution in [0.1, 0.15) is 11.1 Å².